The molecule has 0 radical (unpaired) electrons. The van der Waals surface area contributed by atoms with E-state index in [1.165, 1.54) is 14.2 Å². The molecule has 4 nitrogen and oxygen atoms in total. The van der Waals surface area contributed by atoms with Crippen molar-refractivity contribution >= 4 is 17.5 Å². The van der Waals surface area contributed by atoms with Crippen LogP contribution in [0.3, 0.4) is 0 Å². The number of carbonyl (C=O) groups is 1. The Hall–Kier alpha value is -2.06. The number of rotatable bonds is 3. The van der Waals surface area contributed by atoms with Gasteiger partial charge in [-0.2, -0.15) is 0 Å². The summed E-state index contributed by atoms with van der Waals surface area (Å²) in [6.07, 6.45) is 0. The van der Waals surface area contributed by atoms with E-state index in [1.807, 2.05) is 0 Å². The Morgan fingerprint density at radius 3 is 2.20 bits per heavy atom. The highest BCUT2D eigenvalue weighted by molar-refractivity contribution is 6.25. The number of hydrogen-bond acceptors (Lipinski definition) is 4. The van der Waals surface area contributed by atoms with Crippen molar-refractivity contribution in [3.8, 4) is 5.75 Å². The molecule has 0 heterocycles. The minimum Gasteiger partial charge on any atom is -0.497 e. The van der Waals surface area contributed by atoms with E-state index in [1.54, 1.807) is 30.2 Å². The highest BCUT2D eigenvalue weighted by atomic mass is 16.5. The first-order valence-corrected chi connectivity index (χ1v) is 4.20. The van der Waals surface area contributed by atoms with E-state index in [2.05, 4.69) is 4.74 Å². The van der Waals surface area contributed by atoms with Crippen LogP contribution < -0.4 is 4.74 Å². The van der Waals surface area contributed by atoms with E-state index in [4.69, 9.17) is 4.74 Å². The summed E-state index contributed by atoms with van der Waals surface area (Å²) in [6, 6.07) is 6.48. The van der Waals surface area contributed by atoms with Crippen LogP contribution in [0, 0.1) is 0 Å². The fourth-order valence-electron chi connectivity index (χ4n) is 1.08. The lowest BCUT2D eigenvalue weighted by molar-refractivity contribution is -0.133. The molecule has 0 unspecified atom stereocenters. The summed E-state index contributed by atoms with van der Waals surface area (Å²) in [4.78, 5) is 21.7. The second-order valence-corrected chi connectivity index (χ2v) is 2.70. The number of ether oxygens (including phenoxy) is 2. The minimum atomic E-state index is -0.699. The van der Waals surface area contributed by atoms with E-state index in [-0.39, 0.29) is 5.57 Å². The van der Waals surface area contributed by atoms with Gasteiger partial charge in [-0.15, -0.1) is 0 Å². The van der Waals surface area contributed by atoms with Crippen LogP contribution in [0.15, 0.2) is 24.3 Å². The molecule has 0 bridgehead atoms. The summed E-state index contributed by atoms with van der Waals surface area (Å²) in [5.41, 5.74) is 0.331. The van der Waals surface area contributed by atoms with Crippen LogP contribution in [-0.2, 0) is 14.3 Å². The summed E-state index contributed by atoms with van der Waals surface area (Å²) in [5, 5.41) is 0. The van der Waals surface area contributed by atoms with Gasteiger partial charge in [-0.05, 0) is 24.3 Å². The first kappa shape index (κ1) is 11.0. The van der Waals surface area contributed by atoms with E-state index < -0.39 is 5.97 Å². The fourth-order valence-corrected chi connectivity index (χ4v) is 1.08. The number of esters is 1. The Morgan fingerprint density at radius 2 is 1.80 bits per heavy atom. The molecule has 15 heavy (non-hydrogen) atoms. The van der Waals surface area contributed by atoms with Gasteiger partial charge in [0.25, 0.3) is 0 Å². The molecule has 0 saturated heterocycles. The fraction of sp³-hybridized carbons (Fsp3) is 0.182. The van der Waals surface area contributed by atoms with E-state index in [9.17, 15) is 9.59 Å². The molecular weight excluding hydrogens is 196 g/mol. The topological polar surface area (TPSA) is 52.6 Å². The number of hydrogen-bond donors (Lipinski definition) is 0. The monoisotopic (exact) mass is 206 g/mol. The van der Waals surface area contributed by atoms with E-state index in [0.717, 1.165) is 0 Å². The first-order valence-electron chi connectivity index (χ1n) is 4.20. The molecule has 0 saturated carbocycles. The molecule has 0 fully saturated rings. The first-order chi connectivity index (χ1) is 7.22. The van der Waals surface area contributed by atoms with Crippen LogP contribution in [-0.4, -0.2) is 26.1 Å². The maximum Gasteiger partial charge on any atom is 0.349 e. The molecule has 1 aromatic carbocycles. The van der Waals surface area contributed by atoms with Crippen LogP contribution in [0.25, 0.3) is 5.57 Å². The summed E-state index contributed by atoms with van der Waals surface area (Å²) >= 11 is 0. The van der Waals surface area contributed by atoms with Crippen LogP contribution in [0.5, 0.6) is 5.75 Å². The van der Waals surface area contributed by atoms with E-state index in [0.29, 0.717) is 11.3 Å². The second kappa shape index (κ2) is 4.98. The SMILES string of the molecule is COC(=O)C(=C=O)c1ccc(OC)cc1. The summed E-state index contributed by atoms with van der Waals surface area (Å²) in [6.45, 7) is 0. The van der Waals surface area contributed by atoms with Gasteiger partial charge in [-0.1, -0.05) is 0 Å². The van der Waals surface area contributed by atoms with Gasteiger partial charge in [0.05, 0.1) is 14.2 Å². The van der Waals surface area contributed by atoms with Crippen molar-refractivity contribution in [2.75, 3.05) is 14.2 Å². The normalized spacial score (nSPS) is 8.93. The Labute approximate surface area is 87.1 Å². The van der Waals surface area contributed by atoms with E-state index >= 15 is 0 Å². The largest absolute Gasteiger partial charge is 0.497 e. The highest BCUT2D eigenvalue weighted by Crippen LogP contribution is 2.17. The molecular formula is C11H10O4. The molecule has 0 spiro atoms. The lowest BCUT2D eigenvalue weighted by Crippen LogP contribution is -2.04. The lowest BCUT2D eigenvalue weighted by atomic mass is 10.1. The number of methoxy groups -OCH3 is 2. The van der Waals surface area contributed by atoms with Gasteiger partial charge in [0.1, 0.15) is 11.7 Å². The zero-order valence-electron chi connectivity index (χ0n) is 8.44. The molecule has 0 amide bonds. The maximum absolute atomic E-state index is 11.1. The summed E-state index contributed by atoms with van der Waals surface area (Å²) in [7, 11) is 2.75. The van der Waals surface area contributed by atoms with Gasteiger partial charge in [0.15, 0.2) is 5.57 Å². The van der Waals surface area contributed by atoms with Crippen molar-refractivity contribution in [2.24, 2.45) is 0 Å². The molecule has 78 valence electrons. The average Bonchev–Trinajstić information content (AvgIpc) is 2.30. The van der Waals surface area contributed by atoms with Crippen molar-refractivity contribution in [1.29, 1.82) is 0 Å². The van der Waals surface area contributed by atoms with Crippen molar-refractivity contribution in [2.45, 2.75) is 0 Å². The zero-order chi connectivity index (χ0) is 11.3. The van der Waals surface area contributed by atoms with Crippen LogP contribution in [0.1, 0.15) is 5.56 Å². The summed E-state index contributed by atoms with van der Waals surface area (Å²) < 4.78 is 9.39. The molecule has 0 aliphatic heterocycles. The Kier molecular flexibility index (Phi) is 3.66. The zero-order valence-corrected chi connectivity index (χ0v) is 8.44. The molecule has 0 N–H and O–H groups in total. The molecule has 0 atom stereocenters. The second-order valence-electron chi connectivity index (χ2n) is 2.70. The van der Waals surface area contributed by atoms with Gasteiger partial charge in [0, 0.05) is 5.56 Å². The number of carbonyl (C=O) groups excluding carboxylic acids is 2. The molecule has 1 aromatic rings. The highest BCUT2D eigenvalue weighted by Gasteiger charge is 2.13. The van der Waals surface area contributed by atoms with Crippen LogP contribution in [0.2, 0.25) is 0 Å². The standard InChI is InChI=1S/C11H10O4/c1-14-9-5-3-8(4-6-9)10(7-12)11(13)15-2/h3-6H,1-2H3. The van der Waals surface area contributed by atoms with Crippen molar-refractivity contribution < 1.29 is 19.1 Å². The molecule has 1 rings (SSSR count). The smallest absolute Gasteiger partial charge is 0.349 e. The Bertz CT molecular complexity index is 399. The third-order valence-electron chi connectivity index (χ3n) is 1.87. The van der Waals surface area contributed by atoms with Gasteiger partial charge in [0.2, 0.25) is 0 Å². The third-order valence-corrected chi connectivity index (χ3v) is 1.87. The predicted molar refractivity (Wildman–Crippen MR) is 54.1 cm³/mol. The molecule has 0 aliphatic rings. The quantitative estimate of drug-likeness (QED) is 0.422. The Morgan fingerprint density at radius 1 is 1.20 bits per heavy atom. The summed E-state index contributed by atoms with van der Waals surface area (Å²) in [5.74, 6) is 1.51. The molecule has 0 aromatic heterocycles. The number of benzene rings is 1. The predicted octanol–water partition coefficient (Wildman–Crippen LogP) is 1.08. The van der Waals surface area contributed by atoms with Crippen molar-refractivity contribution in [1.82, 2.24) is 0 Å². The Balaban J connectivity index is 3.04. The lowest BCUT2D eigenvalue weighted by Gasteiger charge is -2.03. The molecule has 0 aliphatic carbocycles. The minimum absolute atomic E-state index is 0.125. The third kappa shape index (κ3) is 2.45. The maximum atomic E-state index is 11.1. The van der Waals surface area contributed by atoms with Gasteiger partial charge < -0.3 is 9.47 Å². The van der Waals surface area contributed by atoms with Crippen molar-refractivity contribution in [3.05, 3.63) is 29.8 Å². The van der Waals surface area contributed by atoms with Gasteiger partial charge in [-0.25, -0.2) is 9.59 Å². The van der Waals surface area contributed by atoms with Gasteiger partial charge in [-0.3, -0.25) is 0 Å². The van der Waals surface area contributed by atoms with Crippen LogP contribution in [0.4, 0.5) is 0 Å². The van der Waals surface area contributed by atoms with Crippen LogP contribution >= 0.6 is 0 Å². The van der Waals surface area contributed by atoms with Gasteiger partial charge >= 0.3 is 5.97 Å². The molecule has 4 heteroatoms. The van der Waals surface area contributed by atoms with Crippen molar-refractivity contribution in [3.63, 3.8) is 0 Å². The average molecular weight is 206 g/mol.